The van der Waals surface area contributed by atoms with Gasteiger partial charge in [-0.15, -0.1) is 0 Å². The highest BCUT2D eigenvalue weighted by molar-refractivity contribution is 5.48. The van der Waals surface area contributed by atoms with Crippen molar-refractivity contribution in [3.8, 4) is 0 Å². The van der Waals surface area contributed by atoms with Gasteiger partial charge in [-0.3, -0.25) is 0 Å². The molecule has 20 heavy (non-hydrogen) atoms. The van der Waals surface area contributed by atoms with E-state index in [0.29, 0.717) is 12.1 Å². The van der Waals surface area contributed by atoms with E-state index >= 15 is 0 Å². The molecule has 1 heterocycles. The third kappa shape index (κ3) is 2.87. The Bertz CT molecular complexity index is 461. The normalized spacial score (nSPS) is 24.1. The van der Waals surface area contributed by atoms with Crippen LogP contribution in [0.2, 0.25) is 0 Å². The van der Waals surface area contributed by atoms with Crippen molar-refractivity contribution in [2.75, 3.05) is 24.8 Å². The molecule has 1 aliphatic carbocycles. The van der Waals surface area contributed by atoms with Crippen molar-refractivity contribution < 1.29 is 4.74 Å². The van der Waals surface area contributed by atoms with Crippen LogP contribution in [0.1, 0.15) is 39.4 Å². The van der Waals surface area contributed by atoms with Crippen molar-refractivity contribution in [2.24, 2.45) is 5.41 Å². The largest absolute Gasteiger partial charge is 0.381 e. The van der Waals surface area contributed by atoms with Crippen molar-refractivity contribution in [1.29, 1.82) is 0 Å². The van der Waals surface area contributed by atoms with Crippen molar-refractivity contribution in [3.05, 3.63) is 11.9 Å². The number of ether oxygens (including phenoxy) is 1. The third-order valence-electron chi connectivity index (χ3n) is 4.29. The molecule has 2 rings (SSSR count). The number of aromatic nitrogens is 2. The van der Waals surface area contributed by atoms with Crippen LogP contribution in [0.4, 0.5) is 11.6 Å². The van der Waals surface area contributed by atoms with E-state index < -0.39 is 0 Å². The Labute approximate surface area is 121 Å². The molecule has 0 radical (unpaired) electrons. The summed E-state index contributed by atoms with van der Waals surface area (Å²) >= 11 is 0. The van der Waals surface area contributed by atoms with Crippen LogP contribution in [0.3, 0.4) is 0 Å². The van der Waals surface area contributed by atoms with Gasteiger partial charge in [-0.1, -0.05) is 20.8 Å². The molecule has 0 aliphatic heterocycles. The molecule has 2 unspecified atom stereocenters. The Morgan fingerprint density at radius 2 is 2.05 bits per heavy atom. The van der Waals surface area contributed by atoms with Crippen LogP contribution in [0, 0.1) is 5.41 Å². The smallest absolute Gasteiger partial charge is 0.133 e. The number of nitrogens with one attached hydrogen (secondary N) is 2. The lowest BCUT2D eigenvalue weighted by Gasteiger charge is -2.51. The van der Waals surface area contributed by atoms with Gasteiger partial charge < -0.3 is 15.4 Å². The van der Waals surface area contributed by atoms with E-state index in [1.54, 1.807) is 7.11 Å². The fourth-order valence-corrected chi connectivity index (χ4v) is 2.74. The Hall–Kier alpha value is -1.36. The third-order valence-corrected chi connectivity index (χ3v) is 4.29. The van der Waals surface area contributed by atoms with Gasteiger partial charge in [0, 0.05) is 38.1 Å². The highest BCUT2D eigenvalue weighted by atomic mass is 16.5. The SMILES string of the molecule is CCCc1nc(NC)cc(NC2CC(OC)C2(C)C)n1. The molecule has 0 amide bonds. The summed E-state index contributed by atoms with van der Waals surface area (Å²) in [5.74, 6) is 2.66. The molecule has 0 aromatic carbocycles. The first-order valence-corrected chi connectivity index (χ1v) is 7.36. The standard InChI is InChI=1S/C15H26N4O/c1-6-7-12-18-13(16-4)9-14(19-12)17-10-8-11(20-5)15(10,2)3/h9-11H,6-8H2,1-5H3,(H2,16,17,18,19). The summed E-state index contributed by atoms with van der Waals surface area (Å²) in [6, 6.07) is 2.36. The number of methoxy groups -OCH3 is 1. The van der Waals surface area contributed by atoms with Gasteiger partial charge in [0.25, 0.3) is 0 Å². The number of anilines is 2. The molecule has 0 spiro atoms. The summed E-state index contributed by atoms with van der Waals surface area (Å²) in [7, 11) is 3.67. The van der Waals surface area contributed by atoms with E-state index in [0.717, 1.165) is 36.7 Å². The van der Waals surface area contributed by atoms with E-state index in [-0.39, 0.29) is 5.41 Å². The Morgan fingerprint density at radius 1 is 1.35 bits per heavy atom. The molecular formula is C15H26N4O. The average molecular weight is 278 g/mol. The zero-order chi connectivity index (χ0) is 14.8. The lowest BCUT2D eigenvalue weighted by atomic mass is 9.64. The topological polar surface area (TPSA) is 59.1 Å². The van der Waals surface area contributed by atoms with Crippen LogP contribution in [-0.2, 0) is 11.2 Å². The maximum Gasteiger partial charge on any atom is 0.133 e. The molecule has 5 nitrogen and oxygen atoms in total. The molecule has 5 heteroatoms. The minimum absolute atomic E-state index is 0.129. The van der Waals surface area contributed by atoms with Gasteiger partial charge >= 0.3 is 0 Å². The van der Waals surface area contributed by atoms with Crippen LogP contribution in [0.25, 0.3) is 0 Å². The van der Waals surface area contributed by atoms with Gasteiger partial charge in [-0.2, -0.15) is 0 Å². The summed E-state index contributed by atoms with van der Waals surface area (Å²) in [4.78, 5) is 9.08. The molecule has 2 atom stereocenters. The summed E-state index contributed by atoms with van der Waals surface area (Å²) in [5, 5.41) is 6.64. The molecule has 112 valence electrons. The van der Waals surface area contributed by atoms with E-state index in [2.05, 4.69) is 41.4 Å². The van der Waals surface area contributed by atoms with Crippen LogP contribution < -0.4 is 10.6 Å². The second kappa shape index (κ2) is 5.95. The molecule has 1 aliphatic rings. The molecule has 0 bridgehead atoms. The van der Waals surface area contributed by atoms with Crippen LogP contribution in [-0.4, -0.2) is 36.3 Å². The van der Waals surface area contributed by atoms with Crippen LogP contribution in [0.5, 0.6) is 0 Å². The Morgan fingerprint density at radius 3 is 2.60 bits per heavy atom. The van der Waals surface area contributed by atoms with E-state index in [1.807, 2.05) is 13.1 Å². The molecule has 1 fully saturated rings. The van der Waals surface area contributed by atoms with Crippen molar-refractivity contribution in [1.82, 2.24) is 9.97 Å². The number of rotatable bonds is 6. The predicted octanol–water partition coefficient (Wildman–Crippen LogP) is 2.70. The van der Waals surface area contributed by atoms with Crippen LogP contribution in [0.15, 0.2) is 6.07 Å². The van der Waals surface area contributed by atoms with E-state index in [9.17, 15) is 0 Å². The number of aryl methyl sites for hydroxylation is 1. The lowest BCUT2D eigenvalue weighted by Crippen LogP contribution is -2.57. The summed E-state index contributed by atoms with van der Waals surface area (Å²) in [6.07, 6.45) is 3.29. The van der Waals surface area contributed by atoms with Gasteiger partial charge in [0.05, 0.1) is 6.10 Å². The molecule has 1 saturated carbocycles. The maximum atomic E-state index is 5.49. The van der Waals surface area contributed by atoms with Crippen molar-refractivity contribution in [2.45, 2.75) is 52.2 Å². The molecular weight excluding hydrogens is 252 g/mol. The minimum Gasteiger partial charge on any atom is -0.381 e. The summed E-state index contributed by atoms with van der Waals surface area (Å²) < 4.78 is 5.49. The number of hydrogen-bond donors (Lipinski definition) is 2. The first-order valence-electron chi connectivity index (χ1n) is 7.36. The van der Waals surface area contributed by atoms with Crippen LogP contribution >= 0.6 is 0 Å². The van der Waals surface area contributed by atoms with Crippen molar-refractivity contribution in [3.63, 3.8) is 0 Å². The van der Waals surface area contributed by atoms with Gasteiger partial charge in [0.2, 0.25) is 0 Å². The number of hydrogen-bond acceptors (Lipinski definition) is 5. The van der Waals surface area contributed by atoms with E-state index in [4.69, 9.17) is 4.74 Å². The monoisotopic (exact) mass is 278 g/mol. The van der Waals surface area contributed by atoms with E-state index in [1.165, 1.54) is 0 Å². The van der Waals surface area contributed by atoms with Crippen molar-refractivity contribution >= 4 is 11.6 Å². The average Bonchev–Trinajstić information content (AvgIpc) is 2.43. The minimum atomic E-state index is 0.129. The Kier molecular flexibility index (Phi) is 4.48. The first-order chi connectivity index (χ1) is 9.51. The molecule has 1 aromatic rings. The van der Waals surface area contributed by atoms with Gasteiger partial charge in [0.15, 0.2) is 0 Å². The van der Waals surface area contributed by atoms with Gasteiger partial charge in [0.1, 0.15) is 17.5 Å². The molecule has 1 aromatic heterocycles. The lowest BCUT2D eigenvalue weighted by molar-refractivity contribution is -0.0795. The van der Waals surface area contributed by atoms with Gasteiger partial charge in [-0.05, 0) is 12.8 Å². The second-order valence-electron chi connectivity index (χ2n) is 6.03. The second-order valence-corrected chi connectivity index (χ2v) is 6.03. The summed E-state index contributed by atoms with van der Waals surface area (Å²) in [5.41, 5.74) is 0.129. The highest BCUT2D eigenvalue weighted by Crippen LogP contribution is 2.43. The maximum absolute atomic E-state index is 5.49. The molecule has 0 saturated heterocycles. The Balaban J connectivity index is 2.11. The quantitative estimate of drug-likeness (QED) is 0.838. The van der Waals surface area contributed by atoms with Gasteiger partial charge in [-0.25, -0.2) is 9.97 Å². The zero-order valence-electron chi connectivity index (χ0n) is 13.2. The predicted molar refractivity (Wildman–Crippen MR) is 82.2 cm³/mol. The molecule has 2 N–H and O–H groups in total. The fraction of sp³-hybridized carbons (Fsp3) is 0.733. The zero-order valence-corrected chi connectivity index (χ0v) is 13.2. The highest BCUT2D eigenvalue weighted by Gasteiger charge is 2.48. The fourth-order valence-electron chi connectivity index (χ4n) is 2.74. The number of nitrogens with zero attached hydrogens (tertiary/aromatic N) is 2. The summed E-state index contributed by atoms with van der Waals surface area (Å²) in [6.45, 7) is 6.60. The first kappa shape index (κ1) is 15.0.